The first-order valence-corrected chi connectivity index (χ1v) is 10.9. The van der Waals surface area contributed by atoms with Gasteiger partial charge in [0.1, 0.15) is 0 Å². The number of alkyl halides is 3. The van der Waals surface area contributed by atoms with Gasteiger partial charge in [-0.2, -0.15) is 23.4 Å². The van der Waals surface area contributed by atoms with Crippen LogP contribution in [0.2, 0.25) is 0 Å². The molecule has 2 N–H and O–H groups in total. The van der Waals surface area contributed by atoms with Crippen LogP contribution in [0.3, 0.4) is 0 Å². The Labute approximate surface area is 182 Å². The molecular weight excluding hydrogens is 443 g/mol. The van der Waals surface area contributed by atoms with E-state index in [0.29, 0.717) is 5.56 Å². The van der Waals surface area contributed by atoms with Crippen molar-refractivity contribution in [3.63, 3.8) is 0 Å². The van der Waals surface area contributed by atoms with Gasteiger partial charge in [0.15, 0.2) is 5.69 Å². The zero-order chi connectivity index (χ0) is 23.3. The van der Waals surface area contributed by atoms with Gasteiger partial charge in [-0.3, -0.25) is 4.68 Å². The number of primary sulfonamides is 1. The van der Waals surface area contributed by atoms with Crippen molar-refractivity contribution in [2.75, 3.05) is 0 Å². The molecule has 0 saturated heterocycles. The van der Waals surface area contributed by atoms with Crippen molar-refractivity contribution in [1.29, 1.82) is 0 Å². The maximum Gasteiger partial charge on any atom is 0.435 e. The number of rotatable bonds is 4. The van der Waals surface area contributed by atoms with E-state index >= 15 is 0 Å². The largest absolute Gasteiger partial charge is 0.435 e. The number of benzene rings is 2. The lowest BCUT2D eigenvalue weighted by atomic mass is 9.99. The van der Waals surface area contributed by atoms with Crippen LogP contribution in [0.5, 0.6) is 0 Å². The van der Waals surface area contributed by atoms with E-state index in [1.165, 1.54) is 24.3 Å². The summed E-state index contributed by atoms with van der Waals surface area (Å²) in [6.07, 6.45) is -1.19. The van der Waals surface area contributed by atoms with Gasteiger partial charge >= 0.3 is 6.18 Å². The predicted molar refractivity (Wildman–Crippen MR) is 112 cm³/mol. The number of nitrogens with two attached hydrogens (primary N) is 1. The van der Waals surface area contributed by atoms with Crippen LogP contribution >= 0.6 is 0 Å². The maximum absolute atomic E-state index is 13.5. The Morgan fingerprint density at radius 1 is 1.00 bits per heavy atom. The minimum atomic E-state index is -4.66. The molecule has 0 bridgehead atoms. The van der Waals surface area contributed by atoms with Gasteiger partial charge in [0.2, 0.25) is 10.0 Å². The number of hydrogen-bond donors (Lipinski definition) is 1. The van der Waals surface area contributed by atoms with Crippen molar-refractivity contribution < 1.29 is 21.6 Å². The lowest BCUT2D eigenvalue weighted by molar-refractivity contribution is -0.141. The quantitative estimate of drug-likeness (QED) is 0.498. The van der Waals surface area contributed by atoms with Crippen molar-refractivity contribution in [1.82, 2.24) is 19.6 Å². The van der Waals surface area contributed by atoms with Gasteiger partial charge in [-0.15, -0.1) is 0 Å². The van der Waals surface area contributed by atoms with Crippen molar-refractivity contribution in [2.45, 2.75) is 18.0 Å². The van der Waals surface area contributed by atoms with E-state index in [9.17, 15) is 21.6 Å². The second kappa shape index (κ2) is 7.61. The van der Waals surface area contributed by atoms with Crippen molar-refractivity contribution in [2.24, 2.45) is 12.2 Å². The number of sulfonamides is 1. The Morgan fingerprint density at radius 2 is 1.69 bits per heavy atom. The molecule has 11 heteroatoms. The van der Waals surface area contributed by atoms with Gasteiger partial charge in [-0.25, -0.2) is 18.2 Å². The molecule has 32 heavy (non-hydrogen) atoms. The van der Waals surface area contributed by atoms with E-state index < -0.39 is 21.9 Å². The fourth-order valence-corrected chi connectivity index (χ4v) is 3.85. The molecule has 7 nitrogen and oxygen atoms in total. The number of nitrogens with zero attached hydrogens (tertiary/aromatic N) is 4. The number of aromatic nitrogens is 4. The molecule has 2 aromatic heterocycles. The summed E-state index contributed by atoms with van der Waals surface area (Å²) in [6, 6.07) is 11.6. The Kier molecular flexibility index (Phi) is 5.18. The maximum atomic E-state index is 13.5. The van der Waals surface area contributed by atoms with Gasteiger partial charge in [-0.1, -0.05) is 12.1 Å². The smallest absolute Gasteiger partial charge is 0.275 e. The topological polar surface area (TPSA) is 95.8 Å². The van der Waals surface area contributed by atoms with E-state index in [-0.39, 0.29) is 16.3 Å². The summed E-state index contributed by atoms with van der Waals surface area (Å²) < 4.78 is 66.3. The van der Waals surface area contributed by atoms with Gasteiger partial charge in [0.05, 0.1) is 22.5 Å². The second-order valence-electron chi connectivity index (χ2n) is 7.30. The van der Waals surface area contributed by atoms with Crippen molar-refractivity contribution >= 4 is 10.0 Å². The first-order chi connectivity index (χ1) is 14.9. The molecule has 0 spiro atoms. The molecule has 4 aromatic rings. The minimum Gasteiger partial charge on any atom is -0.275 e. The lowest BCUT2D eigenvalue weighted by Gasteiger charge is -2.12. The van der Waals surface area contributed by atoms with Gasteiger partial charge < -0.3 is 0 Å². The average Bonchev–Trinajstić information content (AvgIpc) is 3.34. The van der Waals surface area contributed by atoms with E-state index in [1.54, 1.807) is 37.1 Å². The second-order valence-corrected chi connectivity index (χ2v) is 8.86. The van der Waals surface area contributed by atoms with Crippen molar-refractivity contribution in [3.05, 3.63) is 72.2 Å². The summed E-state index contributed by atoms with van der Waals surface area (Å²) in [5.74, 6) is 0. The van der Waals surface area contributed by atoms with Crippen LogP contribution in [0.25, 0.3) is 28.1 Å². The summed E-state index contributed by atoms with van der Waals surface area (Å²) >= 11 is 0. The summed E-state index contributed by atoms with van der Waals surface area (Å²) in [5.41, 5.74) is 2.30. The molecule has 0 saturated carbocycles. The van der Waals surface area contributed by atoms with Gasteiger partial charge in [0, 0.05) is 24.4 Å². The first-order valence-electron chi connectivity index (χ1n) is 9.34. The molecule has 2 heterocycles. The fourth-order valence-electron chi connectivity index (χ4n) is 3.33. The Balaban J connectivity index is 1.90. The Hall–Kier alpha value is -3.44. The van der Waals surface area contributed by atoms with E-state index in [1.807, 2.05) is 12.1 Å². The first kappa shape index (κ1) is 21.8. The van der Waals surface area contributed by atoms with Crippen LogP contribution in [-0.2, 0) is 23.2 Å². The molecule has 0 fully saturated rings. The van der Waals surface area contributed by atoms with Crippen molar-refractivity contribution in [3.8, 4) is 28.1 Å². The van der Waals surface area contributed by atoms with Crippen LogP contribution in [-0.4, -0.2) is 28.0 Å². The third-order valence-corrected chi connectivity index (χ3v) is 5.89. The SMILES string of the molecule is Cc1ccc(-c2cnn(C)c2)cc1-c1cc(C(F)(F)F)nn1-c1ccc(S(N)(=O)=O)cc1. The summed E-state index contributed by atoms with van der Waals surface area (Å²) in [5, 5.41) is 13.0. The molecular formula is C21H18F3N5O2S. The standard InChI is InChI=1S/C21H18F3N5O2S/c1-13-3-4-14(15-11-26-28(2)12-15)9-18(13)19-10-20(21(22,23)24)27-29(19)16-5-7-17(8-6-16)32(25,30)31/h3-12H,1-2H3,(H2,25,30,31). The van der Waals surface area contributed by atoms with E-state index in [4.69, 9.17) is 5.14 Å². The summed E-state index contributed by atoms with van der Waals surface area (Å²) in [4.78, 5) is -0.152. The molecule has 0 aliphatic rings. The Bertz CT molecular complexity index is 1400. The highest BCUT2D eigenvalue weighted by Crippen LogP contribution is 2.36. The zero-order valence-electron chi connectivity index (χ0n) is 17.0. The van der Waals surface area contributed by atoms with Crippen LogP contribution < -0.4 is 5.14 Å². The summed E-state index contributed by atoms with van der Waals surface area (Å²) in [6.45, 7) is 1.79. The number of hydrogen-bond acceptors (Lipinski definition) is 4. The van der Waals surface area contributed by atoms with Crippen LogP contribution in [0.1, 0.15) is 11.3 Å². The lowest BCUT2D eigenvalue weighted by Crippen LogP contribution is -2.12. The highest BCUT2D eigenvalue weighted by atomic mass is 32.2. The molecule has 0 unspecified atom stereocenters. The third kappa shape index (κ3) is 4.16. The molecule has 2 aromatic carbocycles. The fraction of sp³-hybridized carbons (Fsp3) is 0.143. The molecule has 4 rings (SSSR count). The molecule has 0 aliphatic heterocycles. The normalized spacial score (nSPS) is 12.3. The van der Waals surface area contributed by atoms with Crippen LogP contribution in [0, 0.1) is 6.92 Å². The third-order valence-electron chi connectivity index (χ3n) is 4.96. The summed E-state index contributed by atoms with van der Waals surface area (Å²) in [7, 11) is -2.17. The number of halogens is 3. The predicted octanol–water partition coefficient (Wildman–Crippen LogP) is 3.91. The van der Waals surface area contributed by atoms with E-state index in [0.717, 1.165) is 27.4 Å². The Morgan fingerprint density at radius 3 is 2.25 bits per heavy atom. The number of aryl methyl sites for hydroxylation is 2. The minimum absolute atomic E-state index is 0.152. The zero-order valence-corrected chi connectivity index (χ0v) is 17.8. The van der Waals surface area contributed by atoms with Gasteiger partial charge in [0.25, 0.3) is 0 Å². The molecule has 0 aliphatic carbocycles. The van der Waals surface area contributed by atoms with Gasteiger partial charge in [-0.05, 0) is 54.4 Å². The monoisotopic (exact) mass is 461 g/mol. The molecule has 0 radical (unpaired) electrons. The highest BCUT2D eigenvalue weighted by Gasteiger charge is 2.35. The van der Waals surface area contributed by atoms with Crippen LogP contribution in [0.4, 0.5) is 13.2 Å². The highest BCUT2D eigenvalue weighted by molar-refractivity contribution is 7.89. The van der Waals surface area contributed by atoms with E-state index in [2.05, 4.69) is 10.2 Å². The van der Waals surface area contributed by atoms with Crippen LogP contribution in [0.15, 0.2) is 65.8 Å². The molecule has 0 atom stereocenters. The molecule has 166 valence electrons. The molecule has 0 amide bonds. The average molecular weight is 461 g/mol.